The summed E-state index contributed by atoms with van der Waals surface area (Å²) in [4.78, 5) is 12.3. The Morgan fingerprint density at radius 2 is 1.91 bits per heavy atom. The average molecular weight is 293 g/mol. The van der Waals surface area contributed by atoms with Gasteiger partial charge in [-0.15, -0.1) is 0 Å². The third-order valence-electron chi connectivity index (χ3n) is 3.15. The Kier molecular flexibility index (Phi) is 3.87. The van der Waals surface area contributed by atoms with Crippen molar-refractivity contribution in [2.45, 2.75) is 6.92 Å². The molecular formula is C17H15N3O2. The molecule has 2 heterocycles. The molecular weight excluding hydrogens is 278 g/mol. The van der Waals surface area contributed by atoms with E-state index in [2.05, 4.69) is 10.5 Å². The van der Waals surface area contributed by atoms with E-state index in [9.17, 15) is 4.79 Å². The minimum Gasteiger partial charge on any atom is -0.460 e. The van der Waals surface area contributed by atoms with Gasteiger partial charge in [-0.1, -0.05) is 12.1 Å². The topological polar surface area (TPSA) is 59.5 Å². The highest BCUT2D eigenvalue weighted by Crippen LogP contribution is 2.14. The van der Waals surface area contributed by atoms with Crippen molar-refractivity contribution in [3.05, 3.63) is 78.0 Å². The summed E-state index contributed by atoms with van der Waals surface area (Å²) in [7, 11) is 0. The molecule has 0 aliphatic heterocycles. The monoisotopic (exact) mass is 293 g/mol. The predicted octanol–water partition coefficient (Wildman–Crippen LogP) is 3.14. The number of aromatic nitrogens is 1. The second-order valence-electron chi connectivity index (χ2n) is 4.76. The highest BCUT2D eigenvalue weighted by molar-refractivity contribution is 5.98. The summed E-state index contributed by atoms with van der Waals surface area (Å²) >= 11 is 0. The number of nitrogens with zero attached hydrogens (tertiary/aromatic N) is 2. The van der Waals surface area contributed by atoms with Crippen molar-refractivity contribution in [3.8, 4) is 5.69 Å². The molecule has 110 valence electrons. The molecule has 0 saturated heterocycles. The number of hydrazone groups is 1. The van der Waals surface area contributed by atoms with E-state index in [4.69, 9.17) is 4.42 Å². The first-order valence-corrected chi connectivity index (χ1v) is 6.86. The normalized spacial score (nSPS) is 11.0. The van der Waals surface area contributed by atoms with Crippen LogP contribution in [0.15, 0.2) is 70.4 Å². The maximum atomic E-state index is 12.3. The lowest BCUT2D eigenvalue weighted by molar-refractivity contribution is 0.0955. The van der Waals surface area contributed by atoms with Gasteiger partial charge >= 0.3 is 0 Å². The predicted molar refractivity (Wildman–Crippen MR) is 84.3 cm³/mol. The molecule has 0 spiro atoms. The summed E-state index contributed by atoms with van der Waals surface area (Å²) in [6, 6.07) is 14.8. The van der Waals surface area contributed by atoms with E-state index in [-0.39, 0.29) is 5.91 Å². The van der Waals surface area contributed by atoms with Gasteiger partial charge in [0.2, 0.25) is 0 Å². The maximum absolute atomic E-state index is 12.3. The number of carbonyl (C=O) groups is 1. The van der Waals surface area contributed by atoms with Gasteiger partial charge in [0.25, 0.3) is 5.91 Å². The molecule has 22 heavy (non-hydrogen) atoms. The highest BCUT2D eigenvalue weighted by atomic mass is 16.3. The van der Waals surface area contributed by atoms with Crippen LogP contribution in [0.4, 0.5) is 0 Å². The molecule has 1 amide bonds. The zero-order chi connectivity index (χ0) is 15.4. The SMILES string of the molecule is Cc1ccc(/C=N/NC(=O)c2ccccc2-n2cccc2)o1. The zero-order valence-electron chi connectivity index (χ0n) is 12.1. The number of aryl methyl sites for hydroxylation is 1. The Labute approximate surface area is 127 Å². The first kappa shape index (κ1) is 13.9. The molecule has 0 fully saturated rings. The van der Waals surface area contributed by atoms with Crippen molar-refractivity contribution in [3.63, 3.8) is 0 Å². The summed E-state index contributed by atoms with van der Waals surface area (Å²) in [5.74, 6) is 1.12. The molecule has 1 aromatic carbocycles. The Hall–Kier alpha value is -3.08. The zero-order valence-corrected chi connectivity index (χ0v) is 12.1. The first-order valence-electron chi connectivity index (χ1n) is 6.86. The lowest BCUT2D eigenvalue weighted by atomic mass is 10.1. The van der Waals surface area contributed by atoms with Gasteiger partial charge in [-0.05, 0) is 43.3 Å². The largest absolute Gasteiger partial charge is 0.460 e. The average Bonchev–Trinajstić information content (AvgIpc) is 3.19. The smallest absolute Gasteiger partial charge is 0.273 e. The van der Waals surface area contributed by atoms with Crippen LogP contribution < -0.4 is 5.43 Å². The number of benzene rings is 1. The summed E-state index contributed by atoms with van der Waals surface area (Å²) in [5.41, 5.74) is 3.86. The van der Waals surface area contributed by atoms with Gasteiger partial charge < -0.3 is 8.98 Å². The second kappa shape index (κ2) is 6.13. The van der Waals surface area contributed by atoms with Gasteiger partial charge in [0.15, 0.2) is 0 Å². The molecule has 3 rings (SSSR count). The van der Waals surface area contributed by atoms with Crippen LogP contribution in [0.1, 0.15) is 21.9 Å². The van der Waals surface area contributed by atoms with Gasteiger partial charge in [0, 0.05) is 12.4 Å². The van der Waals surface area contributed by atoms with Crippen LogP contribution in [0.2, 0.25) is 0 Å². The van der Waals surface area contributed by atoms with Gasteiger partial charge in [-0.3, -0.25) is 4.79 Å². The molecule has 0 atom stereocenters. The lowest BCUT2D eigenvalue weighted by Gasteiger charge is -2.08. The molecule has 0 saturated carbocycles. The van der Waals surface area contributed by atoms with Crippen molar-refractivity contribution in [1.29, 1.82) is 0 Å². The molecule has 0 aliphatic rings. The minimum atomic E-state index is -0.274. The van der Waals surface area contributed by atoms with Crippen LogP contribution in [0.25, 0.3) is 5.69 Å². The van der Waals surface area contributed by atoms with Crippen LogP contribution >= 0.6 is 0 Å². The number of nitrogens with one attached hydrogen (secondary N) is 1. The van der Waals surface area contributed by atoms with Crippen molar-refractivity contribution in [2.24, 2.45) is 5.10 Å². The standard InChI is InChI=1S/C17H15N3O2/c1-13-8-9-14(22-13)12-18-19-17(21)15-6-2-3-7-16(15)20-10-4-5-11-20/h2-12H,1H3,(H,19,21)/b18-12+. The van der Waals surface area contributed by atoms with Crippen molar-refractivity contribution < 1.29 is 9.21 Å². The van der Waals surface area contributed by atoms with Crippen molar-refractivity contribution in [1.82, 2.24) is 9.99 Å². The Morgan fingerprint density at radius 3 is 2.64 bits per heavy atom. The van der Waals surface area contributed by atoms with Crippen LogP contribution in [0, 0.1) is 6.92 Å². The van der Waals surface area contributed by atoms with E-state index in [1.54, 1.807) is 12.1 Å². The highest BCUT2D eigenvalue weighted by Gasteiger charge is 2.10. The van der Waals surface area contributed by atoms with Crippen molar-refractivity contribution >= 4 is 12.1 Å². The van der Waals surface area contributed by atoms with Gasteiger partial charge in [-0.25, -0.2) is 5.43 Å². The minimum absolute atomic E-state index is 0.274. The fraction of sp³-hybridized carbons (Fsp3) is 0.0588. The first-order chi connectivity index (χ1) is 10.7. The molecule has 5 nitrogen and oxygen atoms in total. The summed E-state index contributed by atoms with van der Waals surface area (Å²) in [6.45, 7) is 1.85. The number of para-hydroxylation sites is 1. The molecule has 0 radical (unpaired) electrons. The van der Waals surface area contributed by atoms with Gasteiger partial charge in [-0.2, -0.15) is 5.10 Å². The third kappa shape index (κ3) is 2.98. The maximum Gasteiger partial charge on any atom is 0.273 e. The Morgan fingerprint density at radius 1 is 1.14 bits per heavy atom. The summed E-state index contributed by atoms with van der Waals surface area (Å²) in [5, 5.41) is 3.93. The van der Waals surface area contributed by atoms with Crippen LogP contribution in [-0.2, 0) is 0 Å². The number of furan rings is 1. The van der Waals surface area contributed by atoms with Gasteiger partial charge in [0.1, 0.15) is 11.5 Å². The number of rotatable bonds is 4. The molecule has 5 heteroatoms. The number of carbonyl (C=O) groups excluding carboxylic acids is 1. The molecule has 0 aliphatic carbocycles. The van der Waals surface area contributed by atoms with Crippen LogP contribution in [0.5, 0.6) is 0 Å². The van der Waals surface area contributed by atoms with Crippen LogP contribution in [-0.4, -0.2) is 16.7 Å². The fourth-order valence-electron chi connectivity index (χ4n) is 2.12. The summed E-state index contributed by atoms with van der Waals surface area (Å²) < 4.78 is 7.23. The van der Waals surface area contributed by atoms with Crippen molar-refractivity contribution in [2.75, 3.05) is 0 Å². The fourth-order valence-corrected chi connectivity index (χ4v) is 2.12. The van der Waals surface area contributed by atoms with E-state index in [0.717, 1.165) is 11.4 Å². The summed E-state index contributed by atoms with van der Waals surface area (Å²) in [6.07, 6.45) is 5.26. The third-order valence-corrected chi connectivity index (χ3v) is 3.15. The number of hydrogen-bond donors (Lipinski definition) is 1. The molecule has 0 bridgehead atoms. The molecule has 0 unspecified atom stereocenters. The van der Waals surface area contributed by atoms with E-state index in [0.29, 0.717) is 11.3 Å². The van der Waals surface area contributed by atoms with E-state index < -0.39 is 0 Å². The molecule has 2 aromatic heterocycles. The van der Waals surface area contributed by atoms with E-state index in [1.165, 1.54) is 6.21 Å². The van der Waals surface area contributed by atoms with Gasteiger partial charge in [0.05, 0.1) is 17.5 Å². The van der Waals surface area contributed by atoms with E-state index >= 15 is 0 Å². The Balaban J connectivity index is 1.77. The second-order valence-corrected chi connectivity index (χ2v) is 4.76. The molecule has 1 N–H and O–H groups in total. The quantitative estimate of drug-likeness (QED) is 0.593. The lowest BCUT2D eigenvalue weighted by Crippen LogP contribution is -2.19. The van der Waals surface area contributed by atoms with Crippen LogP contribution in [0.3, 0.4) is 0 Å². The Bertz CT molecular complexity index is 801. The number of amides is 1. The number of hydrogen-bond acceptors (Lipinski definition) is 3. The molecule has 3 aromatic rings. The van der Waals surface area contributed by atoms with E-state index in [1.807, 2.05) is 60.3 Å².